The summed E-state index contributed by atoms with van der Waals surface area (Å²) in [5.41, 5.74) is 3.86. The van der Waals surface area contributed by atoms with Crippen molar-refractivity contribution < 1.29 is 19.1 Å². The van der Waals surface area contributed by atoms with Crippen LogP contribution in [-0.4, -0.2) is 30.6 Å². The molecule has 7 nitrogen and oxygen atoms in total. The number of amides is 2. The summed E-state index contributed by atoms with van der Waals surface area (Å²) in [5, 5.41) is 7.21. The van der Waals surface area contributed by atoms with Gasteiger partial charge in [0.25, 0.3) is 0 Å². The number of anilines is 1. The van der Waals surface area contributed by atoms with Gasteiger partial charge in [-0.1, -0.05) is 35.3 Å². The number of hydrazone groups is 1. The topological polar surface area (TPSA) is 96.9 Å². The van der Waals surface area contributed by atoms with Crippen LogP contribution in [0.1, 0.15) is 46.1 Å². The van der Waals surface area contributed by atoms with Crippen molar-refractivity contribution in [2.24, 2.45) is 5.10 Å². The van der Waals surface area contributed by atoms with Gasteiger partial charge in [-0.3, -0.25) is 9.59 Å². The lowest BCUT2D eigenvalue weighted by Gasteiger charge is -2.12. The zero-order valence-electron chi connectivity index (χ0n) is 16.1. The van der Waals surface area contributed by atoms with Gasteiger partial charge in [-0.2, -0.15) is 5.10 Å². The average molecular weight is 468 g/mol. The van der Waals surface area contributed by atoms with Crippen LogP contribution >= 0.6 is 34.5 Å². The molecule has 0 aliphatic heterocycles. The van der Waals surface area contributed by atoms with Crippen molar-refractivity contribution >= 4 is 63.5 Å². The van der Waals surface area contributed by atoms with Crippen LogP contribution in [0, 0.1) is 0 Å². The highest BCUT2D eigenvalue weighted by molar-refractivity contribution is 7.17. The molecule has 2 amide bonds. The molecule has 2 aromatic rings. The zero-order chi connectivity index (χ0) is 21.7. The number of benzene rings is 1. The van der Waals surface area contributed by atoms with E-state index < -0.39 is 17.8 Å². The van der Waals surface area contributed by atoms with E-state index in [9.17, 15) is 14.4 Å². The van der Waals surface area contributed by atoms with E-state index >= 15 is 0 Å². The summed E-state index contributed by atoms with van der Waals surface area (Å²) in [6.45, 7) is 1.94. The minimum atomic E-state index is -0.981. The van der Waals surface area contributed by atoms with E-state index in [1.54, 1.807) is 25.1 Å². The highest BCUT2D eigenvalue weighted by atomic mass is 35.5. The number of halogens is 2. The summed E-state index contributed by atoms with van der Waals surface area (Å²) in [6.07, 6.45) is 4.84. The second kappa shape index (κ2) is 10.1. The Bertz CT molecular complexity index is 1020. The number of hydrogen-bond acceptors (Lipinski definition) is 6. The first-order valence-corrected chi connectivity index (χ1v) is 10.9. The van der Waals surface area contributed by atoms with Crippen molar-refractivity contribution in [2.45, 2.75) is 32.6 Å². The maximum Gasteiger partial charge on any atom is 0.341 e. The maximum absolute atomic E-state index is 12.4. The van der Waals surface area contributed by atoms with Crippen molar-refractivity contribution in [3.8, 4) is 0 Å². The number of esters is 1. The molecule has 158 valence electrons. The normalized spacial score (nSPS) is 13.0. The largest absolute Gasteiger partial charge is 0.462 e. The Hall–Kier alpha value is -2.42. The fraction of sp³-hybridized carbons (Fsp3) is 0.300. The van der Waals surface area contributed by atoms with Gasteiger partial charge in [0, 0.05) is 10.4 Å². The molecule has 1 aliphatic rings. The molecular formula is C20H19Cl2N3O4S. The molecule has 30 heavy (non-hydrogen) atoms. The highest BCUT2D eigenvalue weighted by Gasteiger charge is 2.28. The number of aryl methyl sites for hydroxylation is 1. The van der Waals surface area contributed by atoms with Crippen LogP contribution in [0.25, 0.3) is 0 Å². The van der Waals surface area contributed by atoms with E-state index in [0.29, 0.717) is 21.2 Å². The van der Waals surface area contributed by atoms with Crippen molar-refractivity contribution in [1.82, 2.24) is 5.43 Å². The number of hydrogen-bond donors (Lipinski definition) is 2. The van der Waals surface area contributed by atoms with Crippen LogP contribution in [0.15, 0.2) is 23.3 Å². The van der Waals surface area contributed by atoms with E-state index in [2.05, 4.69) is 15.8 Å². The summed E-state index contributed by atoms with van der Waals surface area (Å²) in [5.74, 6) is -2.42. The van der Waals surface area contributed by atoms with Crippen LogP contribution < -0.4 is 10.7 Å². The molecule has 1 aromatic heterocycles. The number of fused-ring (bicyclic) bond motifs is 1. The Morgan fingerprint density at radius 1 is 1.20 bits per heavy atom. The molecule has 3 rings (SSSR count). The molecule has 0 fully saturated rings. The van der Waals surface area contributed by atoms with Gasteiger partial charge in [0.2, 0.25) is 0 Å². The second-order valence-corrected chi connectivity index (χ2v) is 8.32. The molecule has 0 saturated carbocycles. The van der Waals surface area contributed by atoms with Crippen LogP contribution in [0.4, 0.5) is 5.00 Å². The van der Waals surface area contributed by atoms with Crippen molar-refractivity contribution in [1.29, 1.82) is 0 Å². The standard InChI is InChI=1S/C20H19Cl2N3O4S/c1-2-29-20(28)15-12-7-3-4-9-14(12)30-19(15)24-17(26)18(27)25-23-10-11-6-5-8-13(21)16(11)22/h5-6,8,10H,2-4,7,9H2,1H3,(H,24,26)(H,25,27)/b23-10-. The van der Waals surface area contributed by atoms with E-state index in [4.69, 9.17) is 27.9 Å². The third-order valence-electron chi connectivity index (χ3n) is 4.44. The van der Waals surface area contributed by atoms with Crippen molar-refractivity contribution in [3.63, 3.8) is 0 Å². The smallest absolute Gasteiger partial charge is 0.341 e. The molecule has 10 heteroatoms. The first-order chi connectivity index (χ1) is 14.4. The molecule has 1 heterocycles. The number of nitrogens with zero attached hydrogens (tertiary/aromatic N) is 1. The minimum absolute atomic E-state index is 0.220. The molecule has 0 spiro atoms. The first-order valence-electron chi connectivity index (χ1n) is 9.32. The minimum Gasteiger partial charge on any atom is -0.462 e. The van der Waals surface area contributed by atoms with Gasteiger partial charge in [-0.05, 0) is 44.2 Å². The monoisotopic (exact) mass is 467 g/mol. The molecule has 0 atom stereocenters. The fourth-order valence-electron chi connectivity index (χ4n) is 3.06. The Morgan fingerprint density at radius 3 is 2.73 bits per heavy atom. The van der Waals surface area contributed by atoms with Gasteiger partial charge >= 0.3 is 17.8 Å². The summed E-state index contributed by atoms with van der Waals surface area (Å²) < 4.78 is 5.14. The number of carbonyl (C=O) groups is 3. The van der Waals surface area contributed by atoms with E-state index in [0.717, 1.165) is 36.1 Å². The van der Waals surface area contributed by atoms with Gasteiger partial charge < -0.3 is 10.1 Å². The van der Waals surface area contributed by atoms with Gasteiger partial charge in [-0.25, -0.2) is 10.2 Å². The number of carbonyl (C=O) groups excluding carboxylic acids is 3. The van der Waals surface area contributed by atoms with Crippen LogP contribution in [0.5, 0.6) is 0 Å². The highest BCUT2D eigenvalue weighted by Crippen LogP contribution is 2.38. The summed E-state index contributed by atoms with van der Waals surface area (Å²) in [4.78, 5) is 37.9. The van der Waals surface area contributed by atoms with Gasteiger partial charge in [-0.15, -0.1) is 11.3 Å². The molecule has 2 N–H and O–H groups in total. The second-order valence-electron chi connectivity index (χ2n) is 6.43. The van der Waals surface area contributed by atoms with Crippen molar-refractivity contribution in [3.05, 3.63) is 49.8 Å². The summed E-state index contributed by atoms with van der Waals surface area (Å²) in [7, 11) is 0. The number of thiophene rings is 1. The Balaban J connectivity index is 1.71. The molecule has 0 bridgehead atoms. The van der Waals surface area contributed by atoms with E-state index in [1.807, 2.05) is 0 Å². The fourth-order valence-corrected chi connectivity index (χ4v) is 4.69. The lowest BCUT2D eigenvalue weighted by atomic mass is 9.95. The van der Waals surface area contributed by atoms with Gasteiger partial charge in [0.15, 0.2) is 0 Å². The predicted octanol–water partition coefficient (Wildman–Crippen LogP) is 4.20. The SMILES string of the molecule is CCOC(=O)c1c(NC(=O)C(=O)N/N=C\c2cccc(Cl)c2Cl)sc2c1CCCC2. The maximum atomic E-state index is 12.4. The van der Waals surface area contributed by atoms with Crippen LogP contribution in [0.3, 0.4) is 0 Å². The lowest BCUT2D eigenvalue weighted by Crippen LogP contribution is -2.32. The molecule has 1 aliphatic carbocycles. The number of rotatable bonds is 5. The Kier molecular flexibility index (Phi) is 7.47. The van der Waals surface area contributed by atoms with Crippen LogP contribution in [0.2, 0.25) is 10.0 Å². The first kappa shape index (κ1) is 22.3. The number of nitrogens with one attached hydrogen (secondary N) is 2. The molecular weight excluding hydrogens is 449 g/mol. The zero-order valence-corrected chi connectivity index (χ0v) is 18.4. The molecule has 1 aromatic carbocycles. The number of ether oxygens (including phenoxy) is 1. The van der Waals surface area contributed by atoms with Gasteiger partial charge in [0.05, 0.1) is 28.4 Å². The van der Waals surface area contributed by atoms with Crippen LogP contribution in [-0.2, 0) is 27.2 Å². The molecule has 0 radical (unpaired) electrons. The quantitative estimate of drug-likeness (QED) is 0.298. The third kappa shape index (κ3) is 5.00. The third-order valence-corrected chi connectivity index (χ3v) is 6.48. The molecule has 0 unspecified atom stereocenters. The Labute approximate surface area is 187 Å². The van der Waals surface area contributed by atoms with E-state index in [-0.39, 0.29) is 11.6 Å². The summed E-state index contributed by atoms with van der Waals surface area (Å²) in [6, 6.07) is 4.96. The van der Waals surface area contributed by atoms with Crippen molar-refractivity contribution in [2.75, 3.05) is 11.9 Å². The van der Waals surface area contributed by atoms with E-state index in [1.165, 1.54) is 17.6 Å². The predicted molar refractivity (Wildman–Crippen MR) is 118 cm³/mol. The average Bonchev–Trinajstić information content (AvgIpc) is 3.09. The van der Waals surface area contributed by atoms with Gasteiger partial charge in [0.1, 0.15) is 5.00 Å². The summed E-state index contributed by atoms with van der Waals surface area (Å²) >= 11 is 13.3. The Morgan fingerprint density at radius 2 is 1.97 bits per heavy atom. The lowest BCUT2D eigenvalue weighted by molar-refractivity contribution is -0.136. The molecule has 0 saturated heterocycles.